The van der Waals surface area contributed by atoms with Crippen LogP contribution < -0.4 is 10.7 Å². The Kier molecular flexibility index (Phi) is 7.02. The molecule has 5 nitrogen and oxygen atoms in total. The summed E-state index contributed by atoms with van der Waals surface area (Å²) in [5.41, 5.74) is 5.00. The van der Waals surface area contributed by atoms with Gasteiger partial charge in [0.15, 0.2) is 0 Å². The molecule has 2 rings (SSSR count). The third kappa shape index (κ3) is 6.47. The molecule has 0 bridgehead atoms. The Labute approximate surface area is 152 Å². The van der Waals surface area contributed by atoms with Crippen molar-refractivity contribution in [1.29, 1.82) is 0 Å². The van der Waals surface area contributed by atoms with Crippen molar-refractivity contribution in [3.63, 3.8) is 0 Å². The van der Waals surface area contributed by atoms with E-state index < -0.39 is 0 Å². The first-order valence-corrected chi connectivity index (χ1v) is 8.41. The quantitative estimate of drug-likeness (QED) is 0.585. The summed E-state index contributed by atoms with van der Waals surface area (Å²) in [6.07, 6.45) is 1.58. The van der Waals surface area contributed by atoms with Crippen LogP contribution in [0.3, 0.4) is 0 Å². The molecule has 0 spiro atoms. The highest BCUT2D eigenvalue weighted by Crippen LogP contribution is 2.13. The molecule has 0 saturated heterocycles. The van der Waals surface area contributed by atoms with Gasteiger partial charge in [-0.15, -0.1) is 0 Å². The normalized spacial score (nSPS) is 10.9. The van der Waals surface area contributed by atoms with E-state index in [2.05, 4.69) is 29.7 Å². The van der Waals surface area contributed by atoms with E-state index in [-0.39, 0.29) is 30.5 Å². The van der Waals surface area contributed by atoms with Crippen molar-refractivity contribution in [2.24, 2.45) is 5.10 Å². The van der Waals surface area contributed by atoms with Crippen LogP contribution in [0.1, 0.15) is 43.7 Å². The van der Waals surface area contributed by atoms with Crippen molar-refractivity contribution in [3.05, 3.63) is 65.5 Å². The second-order valence-electron chi connectivity index (χ2n) is 6.17. The monoisotopic (exact) mass is 355 g/mol. The first-order valence-electron chi connectivity index (χ1n) is 8.41. The molecule has 0 aliphatic rings. The maximum atomic E-state index is 12.8. The van der Waals surface area contributed by atoms with Gasteiger partial charge in [-0.25, -0.2) is 9.82 Å². The van der Waals surface area contributed by atoms with E-state index in [1.54, 1.807) is 6.21 Å². The van der Waals surface area contributed by atoms with E-state index in [1.807, 2.05) is 24.3 Å². The third-order valence-electron chi connectivity index (χ3n) is 3.71. The fourth-order valence-electron chi connectivity index (χ4n) is 2.19. The molecule has 0 fully saturated rings. The minimum absolute atomic E-state index is 0.0106. The number of nitrogens with one attached hydrogen (secondary N) is 2. The SMILES string of the molecule is CC(C)c1ccc(C=NNC(=O)CCC(=O)Nc2ccc(F)cc2)cc1. The molecular weight excluding hydrogens is 333 g/mol. The zero-order chi connectivity index (χ0) is 18.9. The lowest BCUT2D eigenvalue weighted by Crippen LogP contribution is -2.20. The van der Waals surface area contributed by atoms with E-state index in [0.717, 1.165) is 5.56 Å². The molecular formula is C20H22FN3O2. The Morgan fingerprint density at radius 2 is 1.62 bits per heavy atom. The van der Waals surface area contributed by atoms with Gasteiger partial charge in [0.1, 0.15) is 5.82 Å². The summed E-state index contributed by atoms with van der Waals surface area (Å²) in [6.45, 7) is 4.24. The molecule has 0 aliphatic carbocycles. The topological polar surface area (TPSA) is 70.6 Å². The van der Waals surface area contributed by atoms with Crippen LogP contribution >= 0.6 is 0 Å². The van der Waals surface area contributed by atoms with Crippen molar-refractivity contribution in [1.82, 2.24) is 5.43 Å². The van der Waals surface area contributed by atoms with E-state index in [4.69, 9.17) is 0 Å². The molecule has 0 aliphatic heterocycles. The van der Waals surface area contributed by atoms with Gasteiger partial charge in [0.2, 0.25) is 11.8 Å². The Balaban J connectivity index is 1.72. The van der Waals surface area contributed by atoms with Gasteiger partial charge in [-0.3, -0.25) is 9.59 Å². The molecule has 6 heteroatoms. The van der Waals surface area contributed by atoms with Gasteiger partial charge in [0.25, 0.3) is 0 Å². The standard InChI is InChI=1S/C20H22FN3O2/c1-14(2)16-5-3-15(4-6-16)13-22-24-20(26)12-11-19(25)23-18-9-7-17(21)8-10-18/h3-10,13-14H,11-12H2,1-2H3,(H,23,25)(H,24,26). The second-order valence-corrected chi connectivity index (χ2v) is 6.17. The number of nitrogens with zero attached hydrogens (tertiary/aromatic N) is 1. The van der Waals surface area contributed by atoms with E-state index in [0.29, 0.717) is 11.6 Å². The highest BCUT2D eigenvalue weighted by atomic mass is 19.1. The Bertz CT molecular complexity index is 769. The maximum absolute atomic E-state index is 12.8. The molecule has 0 heterocycles. The molecule has 136 valence electrons. The summed E-state index contributed by atoms with van der Waals surface area (Å²) in [7, 11) is 0. The molecule has 2 aromatic rings. The highest BCUT2D eigenvalue weighted by molar-refractivity contribution is 5.93. The highest BCUT2D eigenvalue weighted by Gasteiger charge is 2.07. The fourth-order valence-corrected chi connectivity index (χ4v) is 2.19. The average molecular weight is 355 g/mol. The smallest absolute Gasteiger partial charge is 0.240 e. The molecule has 26 heavy (non-hydrogen) atoms. The molecule has 0 saturated carbocycles. The van der Waals surface area contributed by atoms with Crippen LogP contribution in [0, 0.1) is 5.82 Å². The van der Waals surface area contributed by atoms with Gasteiger partial charge in [-0.05, 0) is 41.3 Å². The van der Waals surface area contributed by atoms with Crippen molar-refractivity contribution in [2.75, 3.05) is 5.32 Å². The summed E-state index contributed by atoms with van der Waals surface area (Å²) < 4.78 is 12.8. The number of anilines is 1. The molecule has 2 amide bonds. The molecule has 0 atom stereocenters. The lowest BCUT2D eigenvalue weighted by atomic mass is 10.0. The predicted octanol–water partition coefficient (Wildman–Crippen LogP) is 3.82. The predicted molar refractivity (Wildman–Crippen MR) is 101 cm³/mol. The molecule has 2 aromatic carbocycles. The first-order chi connectivity index (χ1) is 12.4. The third-order valence-corrected chi connectivity index (χ3v) is 3.71. The van der Waals surface area contributed by atoms with Crippen LogP contribution in [-0.2, 0) is 9.59 Å². The summed E-state index contributed by atoms with van der Waals surface area (Å²) in [6, 6.07) is 13.3. The van der Waals surface area contributed by atoms with Crippen LogP contribution in [-0.4, -0.2) is 18.0 Å². The first kappa shape index (κ1) is 19.3. The number of hydrogen-bond donors (Lipinski definition) is 2. The number of benzene rings is 2. The summed E-state index contributed by atoms with van der Waals surface area (Å²) in [5.74, 6) is -0.588. The van der Waals surface area contributed by atoms with Gasteiger partial charge >= 0.3 is 0 Å². The van der Waals surface area contributed by atoms with Crippen LogP contribution in [0.2, 0.25) is 0 Å². The van der Waals surface area contributed by atoms with Crippen molar-refractivity contribution >= 4 is 23.7 Å². The number of hydrogen-bond acceptors (Lipinski definition) is 3. The Morgan fingerprint density at radius 1 is 1.00 bits per heavy atom. The van der Waals surface area contributed by atoms with Crippen molar-refractivity contribution in [2.45, 2.75) is 32.6 Å². The average Bonchev–Trinajstić information content (AvgIpc) is 2.62. The van der Waals surface area contributed by atoms with Crippen LogP contribution in [0.5, 0.6) is 0 Å². The van der Waals surface area contributed by atoms with E-state index in [1.165, 1.54) is 29.8 Å². The Hall–Kier alpha value is -3.02. The zero-order valence-electron chi connectivity index (χ0n) is 14.8. The zero-order valence-corrected chi connectivity index (χ0v) is 14.8. The molecule has 0 radical (unpaired) electrons. The van der Waals surface area contributed by atoms with Crippen LogP contribution in [0.25, 0.3) is 0 Å². The minimum atomic E-state index is -0.376. The number of halogens is 1. The van der Waals surface area contributed by atoms with Crippen molar-refractivity contribution in [3.8, 4) is 0 Å². The van der Waals surface area contributed by atoms with Gasteiger partial charge < -0.3 is 5.32 Å². The number of rotatable bonds is 7. The van der Waals surface area contributed by atoms with Gasteiger partial charge in [0, 0.05) is 18.5 Å². The van der Waals surface area contributed by atoms with Gasteiger partial charge in [0.05, 0.1) is 6.21 Å². The number of amides is 2. The largest absolute Gasteiger partial charge is 0.326 e. The summed E-state index contributed by atoms with van der Waals surface area (Å²) in [5, 5.41) is 6.49. The Morgan fingerprint density at radius 3 is 2.23 bits per heavy atom. The fraction of sp³-hybridized carbons (Fsp3) is 0.250. The molecule has 0 aromatic heterocycles. The van der Waals surface area contributed by atoms with Crippen LogP contribution in [0.15, 0.2) is 53.6 Å². The van der Waals surface area contributed by atoms with Crippen molar-refractivity contribution < 1.29 is 14.0 Å². The number of carbonyl (C=O) groups is 2. The lowest BCUT2D eigenvalue weighted by Gasteiger charge is -2.05. The lowest BCUT2D eigenvalue weighted by molar-refractivity contribution is -0.124. The van der Waals surface area contributed by atoms with E-state index in [9.17, 15) is 14.0 Å². The number of carbonyl (C=O) groups excluding carboxylic acids is 2. The van der Waals surface area contributed by atoms with Gasteiger partial charge in [-0.2, -0.15) is 5.10 Å². The molecule has 2 N–H and O–H groups in total. The van der Waals surface area contributed by atoms with Crippen LogP contribution in [0.4, 0.5) is 10.1 Å². The minimum Gasteiger partial charge on any atom is -0.326 e. The molecule has 0 unspecified atom stereocenters. The summed E-state index contributed by atoms with van der Waals surface area (Å²) >= 11 is 0. The van der Waals surface area contributed by atoms with Gasteiger partial charge in [-0.1, -0.05) is 38.1 Å². The second kappa shape index (κ2) is 9.46. The summed E-state index contributed by atoms with van der Waals surface area (Å²) in [4.78, 5) is 23.5. The van der Waals surface area contributed by atoms with E-state index >= 15 is 0 Å². The maximum Gasteiger partial charge on any atom is 0.240 e. The number of hydrazone groups is 1.